The molecule has 1 rings (SSSR count). The van der Waals surface area contributed by atoms with Gasteiger partial charge in [-0.25, -0.2) is 0 Å². The minimum atomic E-state index is 0. The number of thiophene rings is 1. The summed E-state index contributed by atoms with van der Waals surface area (Å²) < 4.78 is 0.818. The van der Waals surface area contributed by atoms with Crippen LogP contribution >= 0.6 is 35.3 Å². The Kier molecular flexibility index (Phi) is 5.10. The molecule has 0 amide bonds. The van der Waals surface area contributed by atoms with E-state index in [1.54, 1.807) is 0 Å². The van der Waals surface area contributed by atoms with Crippen LogP contribution in [0.5, 0.6) is 0 Å². The molecule has 0 spiro atoms. The molecule has 0 saturated heterocycles. The van der Waals surface area contributed by atoms with Gasteiger partial charge in [-0.1, -0.05) is 18.5 Å². The highest BCUT2D eigenvalue weighted by Crippen LogP contribution is 2.24. The summed E-state index contributed by atoms with van der Waals surface area (Å²) in [5, 5.41) is 2.01. The van der Waals surface area contributed by atoms with E-state index in [1.807, 2.05) is 11.4 Å². The Bertz CT molecular complexity index is 212. The van der Waals surface area contributed by atoms with Gasteiger partial charge >= 0.3 is 0 Å². The molecule has 0 bridgehead atoms. The summed E-state index contributed by atoms with van der Waals surface area (Å²) in [5.41, 5.74) is 6.91. The fourth-order valence-electron chi connectivity index (χ4n) is 0.754. The second-order valence-electron chi connectivity index (χ2n) is 2.20. The Morgan fingerprint density at radius 1 is 1.73 bits per heavy atom. The van der Waals surface area contributed by atoms with Crippen molar-refractivity contribution in [3.8, 4) is 0 Å². The van der Waals surface area contributed by atoms with Gasteiger partial charge in [0.25, 0.3) is 0 Å². The van der Waals surface area contributed by atoms with E-state index in [4.69, 9.17) is 17.3 Å². The summed E-state index contributed by atoms with van der Waals surface area (Å²) in [6.45, 7) is 2.07. The maximum Gasteiger partial charge on any atom is 0.0931 e. The molecule has 0 aromatic carbocycles. The third kappa shape index (κ3) is 2.99. The van der Waals surface area contributed by atoms with E-state index in [9.17, 15) is 0 Å². The summed E-state index contributed by atoms with van der Waals surface area (Å²) in [5.74, 6) is 0. The van der Waals surface area contributed by atoms with Gasteiger partial charge in [-0.3, -0.25) is 0 Å². The van der Waals surface area contributed by atoms with Crippen LogP contribution in [0, 0.1) is 0 Å². The standard InChI is InChI=1S/C7H10ClNS.ClH/c1-2-6(9)5-3-7(8)10-4-5;/h3-4,6H,2,9H2,1H3;1H/t6-;/m0./s1. The number of nitrogens with two attached hydrogens (primary N) is 1. The van der Waals surface area contributed by atoms with Crippen molar-refractivity contribution in [1.82, 2.24) is 0 Å². The fraction of sp³-hybridized carbons (Fsp3) is 0.429. The highest BCUT2D eigenvalue weighted by Gasteiger charge is 2.04. The van der Waals surface area contributed by atoms with Crippen LogP contribution in [0.25, 0.3) is 0 Å². The Balaban J connectivity index is 0.000001000. The van der Waals surface area contributed by atoms with Gasteiger partial charge in [-0.15, -0.1) is 23.7 Å². The molecule has 11 heavy (non-hydrogen) atoms. The minimum absolute atomic E-state index is 0. The van der Waals surface area contributed by atoms with Gasteiger partial charge in [0.05, 0.1) is 4.34 Å². The van der Waals surface area contributed by atoms with Crippen LogP contribution in [-0.2, 0) is 0 Å². The van der Waals surface area contributed by atoms with E-state index in [0.717, 1.165) is 16.3 Å². The number of hydrogen-bond donors (Lipinski definition) is 1. The van der Waals surface area contributed by atoms with Crippen LogP contribution in [0.2, 0.25) is 4.34 Å². The number of hydrogen-bond acceptors (Lipinski definition) is 2. The first-order chi connectivity index (χ1) is 4.74. The van der Waals surface area contributed by atoms with Crippen molar-refractivity contribution in [2.75, 3.05) is 0 Å². The van der Waals surface area contributed by atoms with Gasteiger partial charge in [-0.05, 0) is 23.4 Å². The van der Waals surface area contributed by atoms with Crippen LogP contribution in [0.3, 0.4) is 0 Å². The van der Waals surface area contributed by atoms with E-state index in [-0.39, 0.29) is 18.4 Å². The summed E-state index contributed by atoms with van der Waals surface area (Å²) >= 11 is 7.26. The third-order valence-electron chi connectivity index (χ3n) is 1.46. The summed E-state index contributed by atoms with van der Waals surface area (Å²) in [4.78, 5) is 0. The van der Waals surface area contributed by atoms with Crippen LogP contribution in [0.4, 0.5) is 0 Å². The minimum Gasteiger partial charge on any atom is -0.324 e. The Morgan fingerprint density at radius 3 is 2.73 bits per heavy atom. The Morgan fingerprint density at radius 2 is 2.36 bits per heavy atom. The summed E-state index contributed by atoms with van der Waals surface area (Å²) in [6.07, 6.45) is 0.965. The molecular weight excluding hydrogens is 201 g/mol. The van der Waals surface area contributed by atoms with Crippen molar-refractivity contribution >= 4 is 35.3 Å². The summed E-state index contributed by atoms with van der Waals surface area (Å²) in [7, 11) is 0. The molecule has 1 heterocycles. The van der Waals surface area contributed by atoms with Crippen molar-refractivity contribution in [3.63, 3.8) is 0 Å². The topological polar surface area (TPSA) is 26.0 Å². The van der Waals surface area contributed by atoms with Crippen molar-refractivity contribution < 1.29 is 0 Å². The molecule has 0 saturated carbocycles. The van der Waals surface area contributed by atoms with Gasteiger partial charge in [0.2, 0.25) is 0 Å². The predicted octanol–water partition coefficient (Wildman–Crippen LogP) is 3.23. The van der Waals surface area contributed by atoms with Crippen LogP contribution in [-0.4, -0.2) is 0 Å². The molecule has 1 aromatic heterocycles. The average molecular weight is 212 g/mol. The zero-order valence-corrected chi connectivity index (χ0v) is 8.60. The van der Waals surface area contributed by atoms with Crippen molar-refractivity contribution in [3.05, 3.63) is 21.3 Å². The van der Waals surface area contributed by atoms with Gasteiger partial charge in [0.15, 0.2) is 0 Å². The molecule has 0 aliphatic heterocycles. The zero-order valence-electron chi connectivity index (χ0n) is 6.21. The lowest BCUT2D eigenvalue weighted by atomic mass is 10.1. The molecule has 0 unspecified atom stereocenters. The summed E-state index contributed by atoms with van der Waals surface area (Å²) in [6, 6.07) is 2.09. The largest absolute Gasteiger partial charge is 0.324 e. The van der Waals surface area contributed by atoms with Crippen LogP contribution in [0.15, 0.2) is 11.4 Å². The monoisotopic (exact) mass is 211 g/mol. The fourth-order valence-corrected chi connectivity index (χ4v) is 1.71. The van der Waals surface area contributed by atoms with Crippen LogP contribution in [0.1, 0.15) is 24.9 Å². The normalized spacial score (nSPS) is 12.3. The molecule has 1 nitrogen and oxygen atoms in total. The molecule has 2 N–H and O–H groups in total. The van der Waals surface area contributed by atoms with Gasteiger partial charge in [-0.2, -0.15) is 0 Å². The lowest BCUT2D eigenvalue weighted by Crippen LogP contribution is -2.06. The molecule has 0 radical (unpaired) electrons. The van der Waals surface area contributed by atoms with Gasteiger partial charge in [0.1, 0.15) is 0 Å². The van der Waals surface area contributed by atoms with Crippen molar-refractivity contribution in [1.29, 1.82) is 0 Å². The predicted molar refractivity (Wildman–Crippen MR) is 53.8 cm³/mol. The molecule has 0 fully saturated rings. The Hall–Kier alpha value is 0.240. The third-order valence-corrected chi connectivity index (χ3v) is 2.57. The Labute approximate surface area is 82.0 Å². The molecule has 1 aromatic rings. The molecule has 1 atom stereocenters. The average Bonchev–Trinajstić information content (AvgIpc) is 2.34. The molecular formula is C7H11Cl2NS. The first kappa shape index (κ1) is 11.2. The first-order valence-corrected chi connectivity index (χ1v) is 4.49. The highest BCUT2D eigenvalue weighted by molar-refractivity contribution is 7.14. The zero-order chi connectivity index (χ0) is 7.56. The first-order valence-electron chi connectivity index (χ1n) is 3.23. The van der Waals surface area contributed by atoms with Crippen molar-refractivity contribution in [2.45, 2.75) is 19.4 Å². The van der Waals surface area contributed by atoms with E-state index in [0.29, 0.717) is 0 Å². The van der Waals surface area contributed by atoms with Crippen LogP contribution < -0.4 is 5.73 Å². The lowest BCUT2D eigenvalue weighted by molar-refractivity contribution is 0.701. The van der Waals surface area contributed by atoms with Crippen molar-refractivity contribution in [2.24, 2.45) is 5.73 Å². The maximum absolute atomic E-state index is 5.76. The SMILES string of the molecule is CC[C@H](N)c1csc(Cl)c1.Cl. The second kappa shape index (κ2) is 4.99. The molecule has 0 aliphatic rings. The smallest absolute Gasteiger partial charge is 0.0931 e. The molecule has 0 aliphatic carbocycles. The maximum atomic E-state index is 5.76. The highest BCUT2D eigenvalue weighted by atomic mass is 35.5. The lowest BCUT2D eigenvalue weighted by Gasteiger charge is -2.03. The number of rotatable bonds is 2. The van der Waals surface area contributed by atoms with Gasteiger partial charge < -0.3 is 5.73 Å². The van der Waals surface area contributed by atoms with Gasteiger partial charge in [0, 0.05) is 6.04 Å². The molecule has 4 heteroatoms. The quantitative estimate of drug-likeness (QED) is 0.800. The van der Waals surface area contributed by atoms with E-state index in [2.05, 4.69) is 6.92 Å². The number of halogens is 2. The molecule has 64 valence electrons. The van der Waals surface area contributed by atoms with E-state index >= 15 is 0 Å². The van der Waals surface area contributed by atoms with E-state index in [1.165, 1.54) is 11.3 Å². The van der Waals surface area contributed by atoms with E-state index < -0.39 is 0 Å². The second-order valence-corrected chi connectivity index (χ2v) is 3.74.